The first-order valence-electron chi connectivity index (χ1n) is 7.05. The number of carbonyl (C=O) groups is 1. The van der Waals surface area contributed by atoms with E-state index in [0.717, 1.165) is 25.7 Å². The zero-order chi connectivity index (χ0) is 13.7. The van der Waals surface area contributed by atoms with Gasteiger partial charge in [-0.1, -0.05) is 25.5 Å². The Bertz CT molecular complexity index is 312. The minimum Gasteiger partial charge on any atom is -0.482 e. The van der Waals surface area contributed by atoms with E-state index in [2.05, 4.69) is 26.8 Å². The van der Waals surface area contributed by atoms with Crippen molar-refractivity contribution in [1.82, 2.24) is 0 Å². The Hall–Kier alpha value is -0.725. The average Bonchev–Trinajstić information content (AvgIpc) is 2.32. The van der Waals surface area contributed by atoms with E-state index in [1.807, 2.05) is 0 Å². The van der Waals surface area contributed by atoms with Crippen molar-refractivity contribution in [3.05, 3.63) is 11.6 Å². The number of allylic oxidation sites excluding steroid dienone is 2. The zero-order valence-electron chi connectivity index (χ0n) is 11.9. The summed E-state index contributed by atoms with van der Waals surface area (Å²) < 4.78 is 0. The lowest BCUT2D eigenvalue weighted by Crippen LogP contribution is -2.23. The molecule has 1 rings (SSSR count). The predicted molar refractivity (Wildman–Crippen MR) is 75.8 cm³/mol. The van der Waals surface area contributed by atoms with Crippen molar-refractivity contribution < 1.29 is 9.90 Å². The molecule has 0 saturated heterocycles. The van der Waals surface area contributed by atoms with Gasteiger partial charge in [-0.25, -0.2) is 0 Å². The van der Waals surface area contributed by atoms with Crippen molar-refractivity contribution in [2.45, 2.75) is 58.7 Å². The lowest BCUT2D eigenvalue weighted by molar-refractivity contribution is -0.138. The van der Waals surface area contributed by atoms with Crippen LogP contribution in [0.2, 0.25) is 5.82 Å². The molecular formula is C15H25BO2. The molecule has 2 radical (unpaired) electrons. The van der Waals surface area contributed by atoms with E-state index < -0.39 is 11.8 Å². The monoisotopic (exact) mass is 248 g/mol. The van der Waals surface area contributed by atoms with Gasteiger partial charge in [-0.2, -0.15) is 0 Å². The summed E-state index contributed by atoms with van der Waals surface area (Å²) in [4.78, 5) is 11.1. The molecule has 4 unspecified atom stereocenters. The van der Waals surface area contributed by atoms with Crippen molar-refractivity contribution in [2.24, 2.45) is 17.8 Å². The highest BCUT2D eigenvalue weighted by molar-refractivity contribution is 6.22. The highest BCUT2D eigenvalue weighted by atomic mass is 16.4. The Morgan fingerprint density at radius 2 is 2.06 bits per heavy atom. The average molecular weight is 248 g/mol. The largest absolute Gasteiger partial charge is 0.482 e. The lowest BCUT2D eigenvalue weighted by Gasteiger charge is -2.29. The van der Waals surface area contributed by atoms with Gasteiger partial charge in [0.25, 0.3) is 5.97 Å². The van der Waals surface area contributed by atoms with E-state index in [1.165, 1.54) is 12.0 Å². The van der Waals surface area contributed by atoms with Gasteiger partial charge in [-0.15, -0.1) is 0 Å². The van der Waals surface area contributed by atoms with Crippen LogP contribution in [0, 0.1) is 17.8 Å². The van der Waals surface area contributed by atoms with Crippen LogP contribution in [-0.4, -0.2) is 18.9 Å². The minimum absolute atomic E-state index is 0.0985. The number of hydrogen-bond donors (Lipinski definition) is 1. The molecule has 0 aromatic heterocycles. The van der Waals surface area contributed by atoms with Gasteiger partial charge in [-0.05, 0) is 56.8 Å². The molecule has 0 aromatic carbocycles. The SMILES string of the molecule is [B]C(C(=O)O)C1CC/C(C)=C/CCC(C)C(C)C1. The first kappa shape index (κ1) is 15.3. The summed E-state index contributed by atoms with van der Waals surface area (Å²) in [6, 6.07) is 0. The maximum Gasteiger partial charge on any atom is 0.297 e. The van der Waals surface area contributed by atoms with Crippen molar-refractivity contribution in [1.29, 1.82) is 0 Å². The van der Waals surface area contributed by atoms with Crippen molar-refractivity contribution in [3.8, 4) is 0 Å². The molecule has 18 heavy (non-hydrogen) atoms. The quantitative estimate of drug-likeness (QED) is 0.595. The van der Waals surface area contributed by atoms with Crippen LogP contribution >= 0.6 is 0 Å². The van der Waals surface area contributed by atoms with Gasteiger partial charge in [-0.3, -0.25) is 4.79 Å². The van der Waals surface area contributed by atoms with Crippen LogP contribution in [0.1, 0.15) is 52.9 Å². The van der Waals surface area contributed by atoms with Crippen molar-refractivity contribution >= 4 is 13.8 Å². The van der Waals surface area contributed by atoms with E-state index >= 15 is 0 Å². The van der Waals surface area contributed by atoms with Gasteiger partial charge in [0.05, 0.1) is 7.85 Å². The van der Waals surface area contributed by atoms with E-state index in [4.69, 9.17) is 13.0 Å². The normalized spacial score (nSPS) is 35.3. The molecule has 100 valence electrons. The van der Waals surface area contributed by atoms with Crippen LogP contribution in [0.4, 0.5) is 0 Å². The molecule has 0 fully saturated rings. The molecule has 0 heterocycles. The molecule has 0 spiro atoms. The molecule has 0 amide bonds. The van der Waals surface area contributed by atoms with Gasteiger partial charge in [0.15, 0.2) is 0 Å². The number of aliphatic carboxylic acids is 1. The van der Waals surface area contributed by atoms with Crippen LogP contribution in [0.3, 0.4) is 0 Å². The molecular weight excluding hydrogens is 223 g/mol. The smallest absolute Gasteiger partial charge is 0.297 e. The van der Waals surface area contributed by atoms with E-state index in [1.54, 1.807) is 0 Å². The first-order valence-corrected chi connectivity index (χ1v) is 7.05. The maximum absolute atomic E-state index is 11.1. The molecule has 4 atom stereocenters. The number of hydrogen-bond acceptors (Lipinski definition) is 1. The van der Waals surface area contributed by atoms with Crippen LogP contribution in [0.25, 0.3) is 0 Å². The molecule has 0 aromatic rings. The second-order valence-electron chi connectivity index (χ2n) is 5.98. The van der Waals surface area contributed by atoms with Gasteiger partial charge < -0.3 is 5.11 Å². The number of rotatable bonds is 2. The summed E-state index contributed by atoms with van der Waals surface area (Å²) in [6.07, 6.45) is 7.44. The summed E-state index contributed by atoms with van der Waals surface area (Å²) in [7, 11) is 5.84. The Balaban J connectivity index is 2.78. The molecule has 0 aliphatic heterocycles. The van der Waals surface area contributed by atoms with Gasteiger partial charge >= 0.3 is 0 Å². The fourth-order valence-electron chi connectivity index (χ4n) is 2.75. The third kappa shape index (κ3) is 4.51. The predicted octanol–water partition coefficient (Wildman–Crippen LogP) is 3.83. The highest BCUT2D eigenvalue weighted by Crippen LogP contribution is 2.34. The fourth-order valence-corrected chi connectivity index (χ4v) is 2.75. The van der Waals surface area contributed by atoms with Crippen molar-refractivity contribution in [2.75, 3.05) is 0 Å². The Morgan fingerprint density at radius 1 is 1.39 bits per heavy atom. The third-order valence-corrected chi connectivity index (χ3v) is 4.46. The second kappa shape index (κ2) is 7.01. The molecule has 1 aliphatic carbocycles. The highest BCUT2D eigenvalue weighted by Gasteiger charge is 2.26. The molecule has 3 heteroatoms. The summed E-state index contributed by atoms with van der Waals surface area (Å²) in [5.74, 6) is -0.297. The maximum atomic E-state index is 11.1. The Labute approximate surface area is 112 Å². The lowest BCUT2D eigenvalue weighted by atomic mass is 9.69. The van der Waals surface area contributed by atoms with Gasteiger partial charge in [0, 0.05) is 5.82 Å². The van der Waals surface area contributed by atoms with Crippen LogP contribution in [0.15, 0.2) is 11.6 Å². The summed E-state index contributed by atoms with van der Waals surface area (Å²) >= 11 is 0. The number of carboxylic acids is 1. The third-order valence-electron chi connectivity index (χ3n) is 4.46. The van der Waals surface area contributed by atoms with Crippen LogP contribution < -0.4 is 0 Å². The Kier molecular flexibility index (Phi) is 5.97. The summed E-state index contributed by atoms with van der Waals surface area (Å²) in [5, 5.41) is 9.10. The second-order valence-corrected chi connectivity index (χ2v) is 5.98. The minimum atomic E-state index is -0.862. The number of carboxylic acid groups (broad SMARTS) is 1. The topological polar surface area (TPSA) is 37.3 Å². The standard InChI is InChI=1S/C15H25BO2/c1-10-5-4-6-11(2)12(3)9-13(8-7-10)14(16)15(17)18/h5,11-14H,4,6-9H2,1-3H3,(H,17,18)/b10-5+. The molecule has 1 N–H and O–H groups in total. The first-order chi connectivity index (χ1) is 8.41. The van der Waals surface area contributed by atoms with E-state index in [9.17, 15) is 4.79 Å². The van der Waals surface area contributed by atoms with Crippen LogP contribution in [-0.2, 0) is 4.79 Å². The Morgan fingerprint density at radius 3 is 2.67 bits per heavy atom. The molecule has 1 aliphatic rings. The fraction of sp³-hybridized carbons (Fsp3) is 0.800. The molecule has 2 nitrogen and oxygen atoms in total. The zero-order valence-corrected chi connectivity index (χ0v) is 11.9. The van der Waals surface area contributed by atoms with E-state index in [0.29, 0.717) is 11.8 Å². The molecule has 0 saturated carbocycles. The van der Waals surface area contributed by atoms with E-state index in [-0.39, 0.29) is 5.92 Å². The van der Waals surface area contributed by atoms with Crippen LogP contribution in [0.5, 0.6) is 0 Å². The van der Waals surface area contributed by atoms with Gasteiger partial charge in [0.1, 0.15) is 0 Å². The van der Waals surface area contributed by atoms with Gasteiger partial charge in [0.2, 0.25) is 0 Å². The summed E-state index contributed by atoms with van der Waals surface area (Å²) in [6.45, 7) is 6.63. The summed E-state index contributed by atoms with van der Waals surface area (Å²) in [5.41, 5.74) is 1.37. The molecule has 0 bridgehead atoms. The van der Waals surface area contributed by atoms with Crippen molar-refractivity contribution in [3.63, 3.8) is 0 Å².